The Bertz CT molecular complexity index is 369. The Labute approximate surface area is 133 Å². The molecule has 1 saturated carbocycles. The zero-order valence-corrected chi connectivity index (χ0v) is 14.6. The van der Waals surface area contributed by atoms with Crippen LogP contribution in [0.15, 0.2) is 0 Å². The third-order valence-corrected chi connectivity index (χ3v) is 5.27. The van der Waals surface area contributed by atoms with Crippen LogP contribution in [-0.4, -0.2) is 40.6 Å². The van der Waals surface area contributed by atoms with E-state index in [1.807, 2.05) is 20.8 Å². The van der Waals surface area contributed by atoms with Crippen LogP contribution in [0, 0.1) is 17.2 Å². The Morgan fingerprint density at radius 3 is 2.67 bits per heavy atom. The van der Waals surface area contributed by atoms with E-state index in [9.17, 15) is 4.79 Å². The number of amides is 1. The van der Waals surface area contributed by atoms with Crippen molar-refractivity contribution < 1.29 is 4.79 Å². The molecule has 0 aromatic rings. The van der Waals surface area contributed by atoms with Crippen molar-refractivity contribution >= 4 is 17.7 Å². The van der Waals surface area contributed by atoms with Gasteiger partial charge in [0.15, 0.2) is 0 Å². The summed E-state index contributed by atoms with van der Waals surface area (Å²) in [5, 5.41) is 12.5. The molecule has 4 nitrogen and oxygen atoms in total. The van der Waals surface area contributed by atoms with Crippen LogP contribution in [0.1, 0.15) is 53.4 Å². The summed E-state index contributed by atoms with van der Waals surface area (Å²) in [6.07, 6.45) is 4.97. The number of hydrogen-bond acceptors (Lipinski definition) is 4. The Hall–Kier alpha value is -0.730. The number of carbonyl (C=O) groups is 1. The highest BCUT2D eigenvalue weighted by atomic mass is 32.2. The summed E-state index contributed by atoms with van der Waals surface area (Å²) in [4.78, 5) is 14.1. The Balaban J connectivity index is 0.00000106. The van der Waals surface area contributed by atoms with E-state index in [4.69, 9.17) is 5.26 Å². The van der Waals surface area contributed by atoms with Crippen LogP contribution in [0.3, 0.4) is 0 Å². The number of carbonyl (C=O) groups excluding carboxylic acids is 1. The van der Waals surface area contributed by atoms with Crippen LogP contribution >= 0.6 is 11.8 Å². The van der Waals surface area contributed by atoms with E-state index in [1.54, 1.807) is 16.7 Å². The van der Waals surface area contributed by atoms with Crippen molar-refractivity contribution in [3.05, 3.63) is 0 Å². The fourth-order valence-electron chi connectivity index (χ4n) is 2.97. The highest BCUT2D eigenvalue weighted by molar-refractivity contribution is 7.99. The largest absolute Gasteiger partial charge is 0.315 e. The van der Waals surface area contributed by atoms with E-state index >= 15 is 0 Å². The van der Waals surface area contributed by atoms with Gasteiger partial charge in [-0.25, -0.2) is 0 Å². The van der Waals surface area contributed by atoms with Crippen molar-refractivity contribution in [3.63, 3.8) is 0 Å². The summed E-state index contributed by atoms with van der Waals surface area (Å²) in [5.74, 6) is 2.12. The van der Waals surface area contributed by atoms with Crippen molar-refractivity contribution in [3.8, 4) is 6.07 Å². The van der Waals surface area contributed by atoms with Gasteiger partial charge < -0.3 is 10.2 Å². The Morgan fingerprint density at radius 2 is 2.05 bits per heavy atom. The zero-order valence-electron chi connectivity index (χ0n) is 13.8. The second kappa shape index (κ2) is 9.32. The molecule has 1 aliphatic carbocycles. The molecular formula is C16H29N3OS. The molecule has 0 aromatic carbocycles. The van der Waals surface area contributed by atoms with Gasteiger partial charge in [-0.1, -0.05) is 33.6 Å². The fraction of sp³-hybridized carbons (Fsp3) is 0.875. The molecule has 4 atom stereocenters. The molecule has 1 N–H and O–H groups in total. The van der Waals surface area contributed by atoms with Crippen LogP contribution in [0.25, 0.3) is 0 Å². The average molecular weight is 311 g/mol. The number of nitriles is 1. The highest BCUT2D eigenvalue weighted by Gasteiger charge is 2.33. The van der Waals surface area contributed by atoms with Gasteiger partial charge in [-0.15, -0.1) is 11.8 Å². The van der Waals surface area contributed by atoms with Gasteiger partial charge >= 0.3 is 0 Å². The minimum Gasteiger partial charge on any atom is -0.315 e. The highest BCUT2D eigenvalue weighted by Crippen LogP contribution is 2.25. The first-order chi connectivity index (χ1) is 10.1. The third-order valence-electron chi connectivity index (χ3n) is 4.26. The fourth-order valence-corrected chi connectivity index (χ4v) is 4.06. The van der Waals surface area contributed by atoms with E-state index in [0.29, 0.717) is 17.8 Å². The number of nitrogens with one attached hydrogen (secondary N) is 1. The summed E-state index contributed by atoms with van der Waals surface area (Å²) < 4.78 is 0. The smallest absolute Gasteiger partial charge is 0.241 e. The van der Waals surface area contributed by atoms with Gasteiger partial charge in [0, 0.05) is 11.8 Å². The average Bonchev–Trinajstić information content (AvgIpc) is 2.99. The Morgan fingerprint density at radius 1 is 1.38 bits per heavy atom. The standard InChI is InChI=1S/C14H23N3OS.C2H6/c1-10-5-3-4-6-13(10)16-11(2)14(18)17-9-19-8-12(17)7-15;1-2/h10-13,16H,3-6,8-9H2,1-2H3;1-2H3. The van der Waals surface area contributed by atoms with Crippen molar-refractivity contribution in [2.75, 3.05) is 11.6 Å². The molecule has 0 aromatic heterocycles. The van der Waals surface area contributed by atoms with Crippen LogP contribution in [0.5, 0.6) is 0 Å². The summed E-state index contributed by atoms with van der Waals surface area (Å²) in [6.45, 7) is 8.19. The van der Waals surface area contributed by atoms with Gasteiger partial charge in [-0.05, 0) is 25.7 Å². The predicted octanol–water partition coefficient (Wildman–Crippen LogP) is 2.99. The molecule has 4 unspecified atom stereocenters. The van der Waals surface area contributed by atoms with Crippen molar-refractivity contribution in [1.29, 1.82) is 5.26 Å². The first-order valence-electron chi connectivity index (χ1n) is 8.17. The topological polar surface area (TPSA) is 56.1 Å². The first-order valence-corrected chi connectivity index (χ1v) is 9.33. The molecule has 2 aliphatic rings. The molecule has 21 heavy (non-hydrogen) atoms. The maximum Gasteiger partial charge on any atom is 0.241 e. The number of thioether (sulfide) groups is 1. The van der Waals surface area contributed by atoms with Gasteiger partial charge in [0.05, 0.1) is 18.0 Å². The lowest BCUT2D eigenvalue weighted by atomic mass is 9.85. The third kappa shape index (κ3) is 4.89. The van der Waals surface area contributed by atoms with E-state index in [-0.39, 0.29) is 18.0 Å². The lowest BCUT2D eigenvalue weighted by Gasteiger charge is -2.33. The monoisotopic (exact) mass is 311 g/mol. The lowest BCUT2D eigenvalue weighted by Crippen LogP contribution is -2.51. The van der Waals surface area contributed by atoms with Crippen LogP contribution in [0.2, 0.25) is 0 Å². The number of nitrogens with zero attached hydrogens (tertiary/aromatic N) is 2. The summed E-state index contributed by atoms with van der Waals surface area (Å²) >= 11 is 1.66. The molecule has 0 spiro atoms. The minimum atomic E-state index is -0.245. The lowest BCUT2D eigenvalue weighted by molar-refractivity contribution is -0.132. The molecule has 5 heteroatoms. The maximum atomic E-state index is 12.4. The van der Waals surface area contributed by atoms with E-state index < -0.39 is 0 Å². The molecule has 2 rings (SSSR count). The van der Waals surface area contributed by atoms with Crippen molar-refractivity contribution in [2.24, 2.45) is 5.92 Å². The second-order valence-electron chi connectivity index (χ2n) is 5.71. The molecule has 0 bridgehead atoms. The normalized spacial score (nSPS) is 30.0. The van der Waals surface area contributed by atoms with Crippen LogP contribution in [0.4, 0.5) is 0 Å². The van der Waals surface area contributed by atoms with E-state index in [0.717, 1.165) is 12.2 Å². The zero-order chi connectivity index (χ0) is 15.8. The van der Waals surface area contributed by atoms with Crippen LogP contribution in [-0.2, 0) is 4.79 Å². The number of rotatable bonds is 3. The van der Waals surface area contributed by atoms with Gasteiger partial charge in [-0.3, -0.25) is 4.79 Å². The Kier molecular flexibility index (Phi) is 8.13. The molecule has 1 aliphatic heterocycles. The molecule has 0 radical (unpaired) electrons. The van der Waals surface area contributed by atoms with E-state index in [2.05, 4.69) is 18.3 Å². The molecule has 2 fully saturated rings. The first kappa shape index (κ1) is 18.3. The molecule has 1 saturated heterocycles. The minimum absolute atomic E-state index is 0.0781. The van der Waals surface area contributed by atoms with Gasteiger partial charge in [0.2, 0.25) is 5.91 Å². The predicted molar refractivity (Wildman–Crippen MR) is 88.9 cm³/mol. The summed E-state index contributed by atoms with van der Waals surface area (Å²) in [5.41, 5.74) is 0. The molecular weight excluding hydrogens is 282 g/mol. The van der Waals surface area contributed by atoms with E-state index in [1.165, 1.54) is 19.3 Å². The van der Waals surface area contributed by atoms with Gasteiger partial charge in [0.25, 0.3) is 0 Å². The number of hydrogen-bond donors (Lipinski definition) is 1. The second-order valence-corrected chi connectivity index (χ2v) is 6.71. The summed E-state index contributed by atoms with van der Waals surface area (Å²) in [6, 6.07) is 2.24. The van der Waals surface area contributed by atoms with Crippen molar-refractivity contribution in [1.82, 2.24) is 10.2 Å². The van der Waals surface area contributed by atoms with Gasteiger partial charge in [-0.2, -0.15) is 5.26 Å². The maximum absolute atomic E-state index is 12.4. The van der Waals surface area contributed by atoms with Crippen LogP contribution < -0.4 is 5.32 Å². The quantitative estimate of drug-likeness (QED) is 0.870. The SMILES string of the molecule is CC.CC(NC1CCCCC1C)C(=O)N1CSCC1C#N. The van der Waals surface area contributed by atoms with Crippen molar-refractivity contribution in [2.45, 2.75) is 71.5 Å². The molecule has 1 amide bonds. The molecule has 1 heterocycles. The molecule has 120 valence electrons. The summed E-state index contributed by atoms with van der Waals surface area (Å²) in [7, 11) is 0. The van der Waals surface area contributed by atoms with Gasteiger partial charge in [0.1, 0.15) is 6.04 Å².